The van der Waals surface area contributed by atoms with Crippen LogP contribution in [0.1, 0.15) is 119 Å². The van der Waals surface area contributed by atoms with Gasteiger partial charge >= 0.3 is 0 Å². The molecule has 4 saturated carbocycles. The molecule has 0 heterocycles. The normalized spacial score (nSPS) is 45.8. The molecule has 0 saturated heterocycles. The maximum Gasteiger partial charge on any atom is -0.0176 e. The largest absolute Gasteiger partial charge is 0.0993 e. The Morgan fingerprint density at radius 1 is 0.897 bits per heavy atom. The fraction of sp³-hybridized carbons (Fsp3) is 0.931. The SMILES string of the molecule is C=C(CC[C@@H](C)[C@H]1CC[C@H]2[C@@H]3CCC4CCCC[C@]4(C)[C@H]3CC[C@]12C)C(C)(C)C. The monoisotopic (exact) mass is 398 g/mol. The van der Waals surface area contributed by atoms with Gasteiger partial charge in [-0.25, -0.2) is 0 Å². The van der Waals surface area contributed by atoms with Gasteiger partial charge in [0.1, 0.15) is 0 Å². The summed E-state index contributed by atoms with van der Waals surface area (Å²) in [5.41, 5.74) is 3.04. The average Bonchev–Trinajstić information content (AvgIpc) is 3.01. The molecule has 0 spiro atoms. The molecule has 166 valence electrons. The van der Waals surface area contributed by atoms with Gasteiger partial charge in [0, 0.05) is 0 Å². The van der Waals surface area contributed by atoms with Crippen LogP contribution in [-0.4, -0.2) is 0 Å². The summed E-state index contributed by atoms with van der Waals surface area (Å²) in [6.07, 6.45) is 17.9. The molecule has 0 N–H and O–H groups in total. The summed E-state index contributed by atoms with van der Waals surface area (Å²) in [7, 11) is 0. The van der Waals surface area contributed by atoms with Crippen LogP contribution in [0.5, 0.6) is 0 Å². The van der Waals surface area contributed by atoms with Gasteiger partial charge in [0.05, 0.1) is 0 Å². The van der Waals surface area contributed by atoms with Crippen molar-refractivity contribution in [2.24, 2.45) is 51.8 Å². The molecule has 0 aromatic carbocycles. The zero-order valence-electron chi connectivity index (χ0n) is 20.7. The molecule has 0 nitrogen and oxygen atoms in total. The molecule has 0 aromatic heterocycles. The maximum atomic E-state index is 4.42. The van der Waals surface area contributed by atoms with E-state index in [-0.39, 0.29) is 5.41 Å². The van der Waals surface area contributed by atoms with Crippen molar-refractivity contribution in [3.63, 3.8) is 0 Å². The van der Waals surface area contributed by atoms with Crippen LogP contribution in [0.15, 0.2) is 12.2 Å². The Kier molecular flexibility index (Phi) is 5.83. The molecule has 4 rings (SSSR count). The first-order chi connectivity index (χ1) is 13.6. The molecule has 29 heavy (non-hydrogen) atoms. The summed E-state index contributed by atoms with van der Waals surface area (Å²) < 4.78 is 0. The van der Waals surface area contributed by atoms with Crippen molar-refractivity contribution in [1.82, 2.24) is 0 Å². The minimum atomic E-state index is 0.272. The topological polar surface area (TPSA) is 0 Å². The van der Waals surface area contributed by atoms with E-state index in [1.807, 2.05) is 0 Å². The number of hydrogen-bond acceptors (Lipinski definition) is 0. The molecule has 1 unspecified atom stereocenters. The molecule has 0 heteroatoms. The van der Waals surface area contributed by atoms with E-state index < -0.39 is 0 Å². The van der Waals surface area contributed by atoms with E-state index in [1.54, 1.807) is 25.7 Å². The molecular weight excluding hydrogens is 348 g/mol. The lowest BCUT2D eigenvalue weighted by Crippen LogP contribution is -2.53. The van der Waals surface area contributed by atoms with Crippen molar-refractivity contribution in [3.8, 4) is 0 Å². The van der Waals surface area contributed by atoms with Gasteiger partial charge in [0.25, 0.3) is 0 Å². The van der Waals surface area contributed by atoms with E-state index in [1.165, 1.54) is 56.9 Å². The first kappa shape index (κ1) is 22.0. The number of allylic oxidation sites excluding steroid dienone is 1. The van der Waals surface area contributed by atoms with Crippen LogP contribution in [0.4, 0.5) is 0 Å². The van der Waals surface area contributed by atoms with Crippen LogP contribution in [-0.2, 0) is 0 Å². The highest BCUT2D eigenvalue weighted by atomic mass is 14.6. The number of hydrogen-bond donors (Lipinski definition) is 0. The zero-order valence-corrected chi connectivity index (χ0v) is 20.7. The first-order valence-electron chi connectivity index (χ1n) is 13.3. The Morgan fingerprint density at radius 2 is 1.62 bits per heavy atom. The molecule has 8 atom stereocenters. The molecule has 0 aliphatic heterocycles. The summed E-state index contributed by atoms with van der Waals surface area (Å²) in [5.74, 6) is 6.00. The van der Waals surface area contributed by atoms with Gasteiger partial charge in [-0.15, -0.1) is 0 Å². The average molecular weight is 399 g/mol. The van der Waals surface area contributed by atoms with Crippen LogP contribution in [0.25, 0.3) is 0 Å². The second-order valence-electron chi connectivity index (χ2n) is 13.5. The third-order valence-corrected chi connectivity index (χ3v) is 11.3. The molecule has 0 amide bonds. The summed E-state index contributed by atoms with van der Waals surface area (Å²) in [5, 5.41) is 0. The van der Waals surface area contributed by atoms with Crippen molar-refractivity contribution in [1.29, 1.82) is 0 Å². The highest BCUT2D eigenvalue weighted by Crippen LogP contribution is 2.68. The summed E-state index contributed by atoms with van der Waals surface area (Å²) in [6.45, 7) is 19.5. The van der Waals surface area contributed by atoms with E-state index in [9.17, 15) is 0 Å². The van der Waals surface area contributed by atoms with Crippen molar-refractivity contribution in [2.75, 3.05) is 0 Å². The maximum absolute atomic E-state index is 4.42. The molecular formula is C29H50. The van der Waals surface area contributed by atoms with Gasteiger partial charge in [-0.1, -0.05) is 66.5 Å². The number of rotatable bonds is 4. The van der Waals surface area contributed by atoms with E-state index in [0.29, 0.717) is 10.8 Å². The summed E-state index contributed by atoms with van der Waals surface area (Å²) in [4.78, 5) is 0. The Hall–Kier alpha value is -0.260. The minimum absolute atomic E-state index is 0.272. The standard InChI is InChI=1S/C29H50/c1-20(11-12-21(2)27(3,4)5)24-15-16-25-23-14-13-22-10-8-9-18-28(22,6)26(23)17-19-29(24,25)7/h20,22-26H,2,8-19H2,1,3-7H3/t20-,22?,23+,24-,25+,26+,28+,29-/m1/s1. The smallest absolute Gasteiger partial charge is 0.0176 e. The van der Waals surface area contributed by atoms with Gasteiger partial charge in [-0.05, 0) is 116 Å². The van der Waals surface area contributed by atoms with Crippen LogP contribution in [0, 0.1) is 51.8 Å². The van der Waals surface area contributed by atoms with Crippen LogP contribution >= 0.6 is 0 Å². The van der Waals surface area contributed by atoms with E-state index in [0.717, 1.165) is 35.5 Å². The molecule has 0 bridgehead atoms. The van der Waals surface area contributed by atoms with Crippen molar-refractivity contribution < 1.29 is 0 Å². The first-order valence-corrected chi connectivity index (χ1v) is 13.3. The lowest BCUT2D eigenvalue weighted by atomic mass is 9.44. The van der Waals surface area contributed by atoms with Gasteiger partial charge < -0.3 is 0 Å². The van der Waals surface area contributed by atoms with Gasteiger partial charge in [-0.2, -0.15) is 0 Å². The molecule has 0 radical (unpaired) electrons. The van der Waals surface area contributed by atoms with Crippen LogP contribution in [0.2, 0.25) is 0 Å². The molecule has 4 aliphatic carbocycles. The second-order valence-corrected chi connectivity index (χ2v) is 13.5. The lowest BCUT2D eigenvalue weighted by Gasteiger charge is -2.61. The Balaban J connectivity index is 1.46. The lowest BCUT2D eigenvalue weighted by molar-refractivity contribution is -0.114. The van der Waals surface area contributed by atoms with Crippen molar-refractivity contribution in [2.45, 2.75) is 119 Å². The Labute approximate surface area is 182 Å². The quantitative estimate of drug-likeness (QED) is 0.414. The van der Waals surface area contributed by atoms with Crippen molar-refractivity contribution in [3.05, 3.63) is 12.2 Å². The van der Waals surface area contributed by atoms with E-state index in [2.05, 4.69) is 48.1 Å². The Bertz CT molecular complexity index is 608. The second kappa shape index (κ2) is 7.70. The fourth-order valence-electron chi connectivity index (χ4n) is 9.25. The third-order valence-electron chi connectivity index (χ3n) is 11.3. The summed E-state index contributed by atoms with van der Waals surface area (Å²) in [6, 6.07) is 0. The van der Waals surface area contributed by atoms with Crippen LogP contribution < -0.4 is 0 Å². The van der Waals surface area contributed by atoms with Gasteiger partial charge in [0.2, 0.25) is 0 Å². The van der Waals surface area contributed by atoms with Gasteiger partial charge in [0.15, 0.2) is 0 Å². The minimum Gasteiger partial charge on any atom is -0.0993 e. The van der Waals surface area contributed by atoms with Gasteiger partial charge in [-0.3, -0.25) is 0 Å². The zero-order chi connectivity index (χ0) is 21.0. The third kappa shape index (κ3) is 3.67. The number of fused-ring (bicyclic) bond motifs is 5. The summed E-state index contributed by atoms with van der Waals surface area (Å²) >= 11 is 0. The predicted molar refractivity (Wildman–Crippen MR) is 127 cm³/mol. The van der Waals surface area contributed by atoms with Crippen molar-refractivity contribution >= 4 is 0 Å². The predicted octanol–water partition coefficient (Wildman–Crippen LogP) is 9.05. The van der Waals surface area contributed by atoms with Crippen LogP contribution in [0.3, 0.4) is 0 Å². The Morgan fingerprint density at radius 3 is 2.34 bits per heavy atom. The molecule has 4 aliphatic rings. The fourth-order valence-corrected chi connectivity index (χ4v) is 9.25. The van der Waals surface area contributed by atoms with E-state index in [4.69, 9.17) is 0 Å². The molecule has 4 fully saturated rings. The highest BCUT2D eigenvalue weighted by Gasteiger charge is 2.60. The highest BCUT2D eigenvalue weighted by molar-refractivity contribution is 5.10. The molecule has 0 aromatic rings. The van der Waals surface area contributed by atoms with E-state index >= 15 is 0 Å².